The molecule has 0 bridgehead atoms. The van der Waals surface area contributed by atoms with Crippen molar-refractivity contribution in [1.82, 2.24) is 19.2 Å². The molecule has 0 radical (unpaired) electrons. The zero-order valence-corrected chi connectivity index (χ0v) is 22.6. The average molecular weight is 566 g/mol. The molecule has 0 amide bonds. The fourth-order valence-corrected chi connectivity index (χ4v) is 5.86. The summed E-state index contributed by atoms with van der Waals surface area (Å²) in [6.07, 6.45) is -4.64. The lowest BCUT2D eigenvalue weighted by molar-refractivity contribution is -0.142. The number of rotatable bonds is 8. The summed E-state index contributed by atoms with van der Waals surface area (Å²) in [5, 5.41) is 3.94. The topological polar surface area (TPSA) is 105 Å². The number of para-hydroxylation sites is 1. The Balaban J connectivity index is 1.50. The summed E-state index contributed by atoms with van der Waals surface area (Å²) in [5.74, 6) is 0.497. The van der Waals surface area contributed by atoms with Crippen molar-refractivity contribution in [2.45, 2.75) is 37.5 Å². The summed E-state index contributed by atoms with van der Waals surface area (Å²) < 4.78 is 71.5. The third kappa shape index (κ3) is 6.48. The van der Waals surface area contributed by atoms with Gasteiger partial charge in [-0.2, -0.15) is 17.5 Å². The second-order valence-corrected chi connectivity index (χ2v) is 11.5. The maximum atomic E-state index is 13.1. The van der Waals surface area contributed by atoms with Gasteiger partial charge in [-0.25, -0.2) is 23.2 Å². The second-order valence-electron chi connectivity index (χ2n) is 9.60. The summed E-state index contributed by atoms with van der Waals surface area (Å²) in [7, 11) is -2.76. The van der Waals surface area contributed by atoms with E-state index in [-0.39, 0.29) is 23.9 Å². The predicted molar refractivity (Wildman–Crippen MR) is 139 cm³/mol. The van der Waals surface area contributed by atoms with Crippen LogP contribution in [-0.4, -0.2) is 72.9 Å². The van der Waals surface area contributed by atoms with E-state index in [9.17, 15) is 26.4 Å². The van der Waals surface area contributed by atoms with Crippen LogP contribution in [0.4, 0.5) is 19.0 Å². The van der Waals surface area contributed by atoms with E-state index >= 15 is 0 Å². The number of alkyl halides is 3. The summed E-state index contributed by atoms with van der Waals surface area (Å²) in [5.41, 5.74) is -0.324. The number of hydrogen-bond acceptors (Lipinski definition) is 8. The highest BCUT2D eigenvalue weighted by Gasteiger charge is 2.34. The fourth-order valence-electron chi connectivity index (χ4n) is 4.39. The van der Waals surface area contributed by atoms with Gasteiger partial charge in [-0.1, -0.05) is 32.0 Å². The predicted octanol–water partition coefficient (Wildman–Crippen LogP) is 3.76. The van der Waals surface area contributed by atoms with Crippen molar-refractivity contribution in [1.29, 1.82) is 0 Å². The minimum atomic E-state index is -4.64. The lowest BCUT2D eigenvalue weighted by atomic mass is 10.0. The smallest absolute Gasteiger partial charge is 0.416 e. The van der Waals surface area contributed by atoms with Crippen LogP contribution >= 0.6 is 0 Å². The Morgan fingerprint density at radius 2 is 1.74 bits per heavy atom. The van der Waals surface area contributed by atoms with E-state index in [2.05, 4.69) is 15.3 Å². The van der Waals surface area contributed by atoms with Gasteiger partial charge in [0.1, 0.15) is 17.7 Å². The average Bonchev–Trinajstić information content (AvgIpc) is 2.91. The molecule has 0 saturated carbocycles. The normalized spacial score (nSPS) is 16.4. The highest BCUT2D eigenvalue weighted by molar-refractivity contribution is 7.89. The number of carbonyl (C=O) groups excluding carboxylic acids is 1. The van der Waals surface area contributed by atoms with Crippen molar-refractivity contribution in [3.63, 3.8) is 0 Å². The molecule has 1 fully saturated rings. The molecule has 1 aliphatic rings. The molecule has 9 nitrogen and oxygen atoms in total. The standard InChI is InChI=1S/C26H30F3N5O4S/c1-17(2)23(25(35)38-3)32-24-20-9-4-5-10-21(20)30-22(31-24)16-33-11-13-34(14-12-33)39(36,37)19-8-6-7-18(15-19)26(27,28)29/h4-10,15,17,23H,11-14,16H2,1-3H3,(H,30,31,32)/t23-/m0/s1. The number of piperazine rings is 1. The Bertz CT molecular complexity index is 1440. The lowest BCUT2D eigenvalue weighted by Crippen LogP contribution is -2.48. The van der Waals surface area contributed by atoms with Crippen molar-refractivity contribution in [3.8, 4) is 0 Å². The molecule has 13 heteroatoms. The van der Waals surface area contributed by atoms with Crippen LogP contribution in [0.3, 0.4) is 0 Å². The molecule has 2 aromatic carbocycles. The van der Waals surface area contributed by atoms with Crippen LogP contribution in [-0.2, 0) is 32.3 Å². The van der Waals surface area contributed by atoms with Gasteiger partial charge in [-0.3, -0.25) is 4.90 Å². The minimum Gasteiger partial charge on any atom is -0.467 e. The van der Waals surface area contributed by atoms with Crippen LogP contribution in [0, 0.1) is 5.92 Å². The van der Waals surface area contributed by atoms with Crippen LogP contribution in [0.5, 0.6) is 0 Å². The summed E-state index contributed by atoms with van der Waals surface area (Å²) in [4.78, 5) is 23.2. The molecule has 1 N–H and O–H groups in total. The quantitative estimate of drug-likeness (QED) is 0.412. The minimum absolute atomic E-state index is 0.0681. The Morgan fingerprint density at radius 3 is 2.38 bits per heavy atom. The number of nitrogens with zero attached hydrogens (tertiary/aromatic N) is 4. The summed E-state index contributed by atoms with van der Waals surface area (Å²) in [6.45, 7) is 5.00. The highest BCUT2D eigenvalue weighted by Crippen LogP contribution is 2.31. The van der Waals surface area contributed by atoms with Crippen molar-refractivity contribution in [3.05, 3.63) is 59.9 Å². The molecule has 1 atom stereocenters. The van der Waals surface area contributed by atoms with Gasteiger partial charge in [0.05, 0.1) is 29.6 Å². The van der Waals surface area contributed by atoms with E-state index in [1.54, 1.807) is 0 Å². The lowest BCUT2D eigenvalue weighted by Gasteiger charge is -2.33. The Labute approximate surface area is 225 Å². The Morgan fingerprint density at radius 1 is 1.05 bits per heavy atom. The van der Waals surface area contributed by atoms with Crippen LogP contribution in [0.2, 0.25) is 0 Å². The zero-order chi connectivity index (χ0) is 28.4. The number of nitrogens with one attached hydrogen (secondary N) is 1. The molecular weight excluding hydrogens is 535 g/mol. The first kappa shape index (κ1) is 28.7. The number of methoxy groups -OCH3 is 1. The molecule has 210 valence electrons. The molecule has 1 aromatic heterocycles. The van der Waals surface area contributed by atoms with Crippen LogP contribution in [0.25, 0.3) is 10.9 Å². The number of halogens is 3. The third-order valence-electron chi connectivity index (χ3n) is 6.56. The number of benzene rings is 2. The van der Waals surface area contributed by atoms with Gasteiger partial charge in [0.25, 0.3) is 0 Å². The van der Waals surface area contributed by atoms with Gasteiger partial charge in [0.2, 0.25) is 10.0 Å². The fraction of sp³-hybridized carbons (Fsp3) is 0.423. The number of esters is 1. The molecule has 3 aromatic rings. The first-order chi connectivity index (χ1) is 18.4. The first-order valence-electron chi connectivity index (χ1n) is 12.4. The molecule has 39 heavy (non-hydrogen) atoms. The van der Waals surface area contributed by atoms with Gasteiger partial charge in [0, 0.05) is 31.6 Å². The molecule has 0 spiro atoms. The van der Waals surface area contributed by atoms with E-state index in [0.29, 0.717) is 42.9 Å². The van der Waals surface area contributed by atoms with E-state index < -0.39 is 33.8 Å². The number of anilines is 1. The van der Waals surface area contributed by atoms with E-state index in [1.807, 2.05) is 43.0 Å². The van der Waals surface area contributed by atoms with Crippen LogP contribution in [0.1, 0.15) is 25.2 Å². The first-order valence-corrected chi connectivity index (χ1v) is 13.8. The second kappa shape index (κ2) is 11.4. The van der Waals surface area contributed by atoms with E-state index in [1.165, 1.54) is 17.5 Å². The number of fused-ring (bicyclic) bond motifs is 1. The highest BCUT2D eigenvalue weighted by atomic mass is 32.2. The summed E-state index contributed by atoms with van der Waals surface area (Å²) in [6, 6.07) is 10.6. The Hall–Kier alpha value is -3.29. The van der Waals surface area contributed by atoms with Crippen molar-refractivity contribution < 1.29 is 31.1 Å². The van der Waals surface area contributed by atoms with Gasteiger partial charge in [-0.05, 0) is 36.2 Å². The largest absolute Gasteiger partial charge is 0.467 e. The molecule has 0 unspecified atom stereocenters. The molecule has 2 heterocycles. The van der Waals surface area contributed by atoms with Crippen LogP contribution < -0.4 is 5.32 Å². The van der Waals surface area contributed by atoms with E-state index in [4.69, 9.17) is 4.74 Å². The van der Waals surface area contributed by atoms with E-state index in [0.717, 1.165) is 17.5 Å². The zero-order valence-electron chi connectivity index (χ0n) is 21.8. The SMILES string of the molecule is COC(=O)[C@@H](Nc1nc(CN2CCN(S(=O)(=O)c3cccc(C(F)(F)F)c3)CC2)nc2ccccc12)C(C)C. The number of sulfonamides is 1. The molecule has 1 aliphatic heterocycles. The maximum absolute atomic E-state index is 13.1. The number of ether oxygens (including phenoxy) is 1. The monoisotopic (exact) mass is 565 g/mol. The third-order valence-corrected chi connectivity index (χ3v) is 8.45. The van der Waals surface area contributed by atoms with Gasteiger partial charge < -0.3 is 10.1 Å². The number of hydrogen-bond donors (Lipinski definition) is 1. The molecule has 0 aliphatic carbocycles. The van der Waals surface area contributed by atoms with Crippen LogP contribution in [0.15, 0.2) is 53.4 Å². The summed E-state index contributed by atoms with van der Waals surface area (Å²) >= 11 is 0. The van der Waals surface area contributed by atoms with Crippen molar-refractivity contribution in [2.75, 3.05) is 38.6 Å². The van der Waals surface area contributed by atoms with Gasteiger partial charge >= 0.3 is 12.1 Å². The van der Waals surface area contributed by atoms with Crippen molar-refractivity contribution in [2.24, 2.45) is 5.92 Å². The molecular formula is C26H30F3N5O4S. The number of carbonyl (C=O) groups is 1. The molecule has 1 saturated heterocycles. The van der Waals surface area contributed by atoms with Crippen molar-refractivity contribution >= 4 is 32.7 Å². The number of aromatic nitrogens is 2. The Kier molecular flexibility index (Phi) is 8.42. The van der Waals surface area contributed by atoms with Gasteiger partial charge in [0.15, 0.2) is 0 Å². The maximum Gasteiger partial charge on any atom is 0.416 e. The molecule has 4 rings (SSSR count). The van der Waals surface area contributed by atoms with Gasteiger partial charge in [-0.15, -0.1) is 0 Å².